The molecule has 0 unspecified atom stereocenters. The predicted octanol–water partition coefficient (Wildman–Crippen LogP) is 0.822. The van der Waals surface area contributed by atoms with Crippen LogP contribution in [-0.4, -0.2) is 9.66 Å². The van der Waals surface area contributed by atoms with Gasteiger partial charge in [0.25, 0.3) is 0 Å². The maximum Gasteiger partial charge on any atom is 0.195 e. The van der Waals surface area contributed by atoms with Crippen molar-refractivity contribution in [3.05, 3.63) is 16.7 Å². The lowest BCUT2D eigenvalue weighted by Crippen LogP contribution is -2.05. The Hall–Kier alpha value is -0.770. The topological polar surface area (TPSA) is 46.7 Å². The van der Waals surface area contributed by atoms with Gasteiger partial charge in [-0.2, -0.15) is 0 Å². The number of hydrogen-bond donors (Lipinski definition) is 2. The summed E-state index contributed by atoms with van der Waals surface area (Å²) in [5.74, 6) is 5.40. The third-order valence-electron chi connectivity index (χ3n) is 1.18. The summed E-state index contributed by atoms with van der Waals surface area (Å²) >= 11 is 4.82. The molecule has 1 rings (SSSR count). The van der Waals surface area contributed by atoms with E-state index in [1.807, 2.05) is 6.92 Å². The second kappa shape index (κ2) is 2.23. The lowest BCUT2D eigenvalue weighted by molar-refractivity contribution is 0.977. The van der Waals surface area contributed by atoms with E-state index in [-0.39, 0.29) is 0 Å². The van der Waals surface area contributed by atoms with Gasteiger partial charge in [0.15, 0.2) is 4.77 Å². The summed E-state index contributed by atoms with van der Waals surface area (Å²) in [6, 6.07) is 0. The van der Waals surface area contributed by atoms with Crippen LogP contribution in [0.3, 0.4) is 0 Å². The molecule has 0 radical (unpaired) electrons. The zero-order valence-electron chi connectivity index (χ0n) is 5.22. The third-order valence-corrected chi connectivity index (χ3v) is 1.49. The predicted molar refractivity (Wildman–Crippen MR) is 39.1 cm³/mol. The van der Waals surface area contributed by atoms with Crippen molar-refractivity contribution >= 4 is 12.2 Å². The Bertz CT molecular complexity index is 247. The van der Waals surface area contributed by atoms with Crippen molar-refractivity contribution in [3.63, 3.8) is 0 Å². The fraction of sp³-hybridized carbons (Fsp3) is 0.400. The molecular formula is C5H9N3S. The van der Waals surface area contributed by atoms with Crippen LogP contribution in [0.1, 0.15) is 12.6 Å². The lowest BCUT2D eigenvalue weighted by atomic mass is 10.4. The van der Waals surface area contributed by atoms with Crippen molar-refractivity contribution in [2.45, 2.75) is 13.3 Å². The first-order valence-electron chi connectivity index (χ1n) is 2.79. The first-order valence-corrected chi connectivity index (χ1v) is 3.20. The minimum Gasteiger partial charge on any atom is -0.337 e. The Morgan fingerprint density at radius 3 is 2.78 bits per heavy atom. The molecule has 1 aromatic rings. The fourth-order valence-corrected chi connectivity index (χ4v) is 0.824. The number of aromatic nitrogens is 2. The van der Waals surface area contributed by atoms with Crippen LogP contribution < -0.4 is 5.84 Å². The summed E-state index contributed by atoms with van der Waals surface area (Å²) in [4.78, 5) is 2.95. The zero-order chi connectivity index (χ0) is 6.85. The van der Waals surface area contributed by atoms with Gasteiger partial charge in [0.05, 0.1) is 0 Å². The quantitative estimate of drug-likeness (QED) is 0.451. The maximum atomic E-state index is 5.40. The van der Waals surface area contributed by atoms with E-state index in [0.717, 1.165) is 12.1 Å². The normalized spacial score (nSPS) is 9.89. The van der Waals surface area contributed by atoms with Crippen LogP contribution in [0.4, 0.5) is 0 Å². The molecule has 0 bridgehead atoms. The molecule has 0 atom stereocenters. The lowest BCUT2D eigenvalue weighted by Gasteiger charge is -1.83. The van der Waals surface area contributed by atoms with E-state index in [1.165, 1.54) is 4.68 Å². The molecule has 0 aromatic carbocycles. The summed E-state index contributed by atoms with van der Waals surface area (Å²) < 4.78 is 1.99. The molecule has 3 N–H and O–H groups in total. The molecule has 0 fully saturated rings. The van der Waals surface area contributed by atoms with E-state index in [1.54, 1.807) is 6.20 Å². The Morgan fingerprint density at radius 2 is 2.56 bits per heavy atom. The summed E-state index contributed by atoms with van der Waals surface area (Å²) in [6.45, 7) is 2.04. The number of nitrogens with one attached hydrogen (secondary N) is 1. The number of nitrogen functional groups attached to an aromatic ring is 1. The highest BCUT2D eigenvalue weighted by atomic mass is 32.1. The monoisotopic (exact) mass is 143 g/mol. The first kappa shape index (κ1) is 6.35. The largest absolute Gasteiger partial charge is 0.337 e. The summed E-state index contributed by atoms with van der Waals surface area (Å²) in [5, 5.41) is 0. The van der Waals surface area contributed by atoms with Gasteiger partial charge in [-0.15, -0.1) is 0 Å². The van der Waals surface area contributed by atoms with E-state index in [2.05, 4.69) is 4.98 Å². The second-order valence-corrected chi connectivity index (χ2v) is 2.23. The molecule has 0 amide bonds. The van der Waals surface area contributed by atoms with Gasteiger partial charge in [-0.05, 0) is 18.6 Å². The maximum absolute atomic E-state index is 5.40. The SMILES string of the molecule is CCc1cn(N)c(=S)[nH]1. The number of rotatable bonds is 1. The third kappa shape index (κ3) is 1.13. The molecule has 1 aromatic heterocycles. The minimum absolute atomic E-state index is 0.576. The molecule has 4 heteroatoms. The van der Waals surface area contributed by atoms with Crippen LogP contribution in [0, 0.1) is 4.77 Å². The number of nitrogens with zero attached hydrogens (tertiary/aromatic N) is 1. The molecular weight excluding hydrogens is 134 g/mol. The molecule has 50 valence electrons. The standard InChI is InChI=1S/C5H9N3S/c1-2-4-3-8(6)5(9)7-4/h3H,2,6H2,1H3,(H,7,9). The first-order chi connectivity index (χ1) is 4.24. The van der Waals surface area contributed by atoms with Gasteiger partial charge in [0, 0.05) is 11.9 Å². The van der Waals surface area contributed by atoms with Crippen LogP contribution in [0.15, 0.2) is 6.20 Å². The smallest absolute Gasteiger partial charge is 0.195 e. The Balaban J connectivity index is 3.13. The fourth-order valence-electron chi connectivity index (χ4n) is 0.640. The highest BCUT2D eigenvalue weighted by Gasteiger charge is 1.91. The van der Waals surface area contributed by atoms with Crippen molar-refractivity contribution in [2.75, 3.05) is 5.84 Å². The summed E-state index contributed by atoms with van der Waals surface area (Å²) in [6.07, 6.45) is 2.73. The van der Waals surface area contributed by atoms with E-state index < -0.39 is 0 Å². The highest BCUT2D eigenvalue weighted by molar-refractivity contribution is 7.71. The van der Waals surface area contributed by atoms with E-state index in [0.29, 0.717) is 4.77 Å². The number of nitrogens with two attached hydrogens (primary N) is 1. The van der Waals surface area contributed by atoms with Gasteiger partial charge in [-0.25, -0.2) is 4.68 Å². The van der Waals surface area contributed by atoms with E-state index in [9.17, 15) is 0 Å². The molecule has 0 saturated heterocycles. The van der Waals surface area contributed by atoms with Crippen LogP contribution >= 0.6 is 12.2 Å². The van der Waals surface area contributed by atoms with Gasteiger partial charge < -0.3 is 10.8 Å². The number of imidazole rings is 1. The van der Waals surface area contributed by atoms with Crippen LogP contribution in [-0.2, 0) is 6.42 Å². The highest BCUT2D eigenvalue weighted by Crippen LogP contribution is 1.94. The van der Waals surface area contributed by atoms with Gasteiger partial charge in [0.2, 0.25) is 0 Å². The number of aryl methyl sites for hydroxylation is 1. The molecule has 3 nitrogen and oxygen atoms in total. The minimum atomic E-state index is 0.576. The number of hydrogen-bond acceptors (Lipinski definition) is 2. The molecule has 0 spiro atoms. The van der Waals surface area contributed by atoms with Crippen molar-refractivity contribution < 1.29 is 0 Å². The van der Waals surface area contributed by atoms with E-state index >= 15 is 0 Å². The molecule has 1 heterocycles. The van der Waals surface area contributed by atoms with Gasteiger partial charge >= 0.3 is 0 Å². The van der Waals surface area contributed by atoms with Crippen LogP contribution in [0.2, 0.25) is 0 Å². The van der Waals surface area contributed by atoms with Crippen LogP contribution in [0.5, 0.6) is 0 Å². The van der Waals surface area contributed by atoms with Crippen molar-refractivity contribution in [2.24, 2.45) is 0 Å². The Kier molecular flexibility index (Phi) is 1.57. The summed E-state index contributed by atoms with van der Waals surface area (Å²) in [7, 11) is 0. The van der Waals surface area contributed by atoms with Crippen molar-refractivity contribution in [1.29, 1.82) is 0 Å². The van der Waals surface area contributed by atoms with Crippen LogP contribution in [0.25, 0.3) is 0 Å². The number of aromatic amines is 1. The Labute approximate surface area is 58.5 Å². The average Bonchev–Trinajstić information content (AvgIpc) is 2.13. The van der Waals surface area contributed by atoms with Crippen molar-refractivity contribution in [3.8, 4) is 0 Å². The van der Waals surface area contributed by atoms with E-state index in [4.69, 9.17) is 18.1 Å². The molecule has 0 saturated carbocycles. The molecule has 9 heavy (non-hydrogen) atoms. The Morgan fingerprint density at radius 1 is 1.89 bits per heavy atom. The molecule has 0 aliphatic heterocycles. The molecule has 0 aliphatic carbocycles. The average molecular weight is 143 g/mol. The molecule has 0 aliphatic rings. The second-order valence-electron chi connectivity index (χ2n) is 1.85. The van der Waals surface area contributed by atoms with Crippen molar-refractivity contribution in [1.82, 2.24) is 9.66 Å². The van der Waals surface area contributed by atoms with Gasteiger partial charge in [-0.3, -0.25) is 0 Å². The summed E-state index contributed by atoms with van der Waals surface area (Å²) in [5.41, 5.74) is 1.07. The zero-order valence-corrected chi connectivity index (χ0v) is 6.03. The number of H-pyrrole nitrogens is 1. The van der Waals surface area contributed by atoms with Gasteiger partial charge in [-0.1, -0.05) is 6.92 Å². The van der Waals surface area contributed by atoms with Gasteiger partial charge in [0.1, 0.15) is 0 Å².